The maximum Gasteiger partial charge on any atom is 0.126 e. The number of hydrogen-bond acceptors (Lipinski definition) is 1. The third-order valence-electron chi connectivity index (χ3n) is 2.15. The minimum atomic E-state index is -0.524. The van der Waals surface area contributed by atoms with E-state index in [1.165, 1.54) is 12.1 Å². The van der Waals surface area contributed by atoms with Crippen molar-refractivity contribution in [2.75, 3.05) is 0 Å². The summed E-state index contributed by atoms with van der Waals surface area (Å²) < 4.78 is 25.3. The van der Waals surface area contributed by atoms with E-state index < -0.39 is 11.6 Å². The second-order valence-corrected chi connectivity index (χ2v) is 3.21. The van der Waals surface area contributed by atoms with Crippen molar-refractivity contribution in [1.82, 2.24) is 0 Å². The Morgan fingerprint density at radius 3 is 2.08 bits per heavy atom. The molecular weight excluding hydrogens is 160 g/mol. The highest BCUT2D eigenvalue weighted by Crippen LogP contribution is 2.39. The molecular formula is C9H9F2N. The van der Waals surface area contributed by atoms with Gasteiger partial charge in [0.05, 0.1) is 0 Å². The van der Waals surface area contributed by atoms with E-state index in [0.29, 0.717) is 5.56 Å². The minimum absolute atomic E-state index is 0.0891. The van der Waals surface area contributed by atoms with Crippen LogP contribution in [0, 0.1) is 11.6 Å². The lowest BCUT2D eigenvalue weighted by atomic mass is 10.1. The van der Waals surface area contributed by atoms with Gasteiger partial charge in [0.2, 0.25) is 0 Å². The Hall–Kier alpha value is -0.960. The molecule has 2 N–H and O–H groups in total. The van der Waals surface area contributed by atoms with Gasteiger partial charge in [-0.2, -0.15) is 0 Å². The highest BCUT2D eigenvalue weighted by molar-refractivity contribution is 5.28. The maximum absolute atomic E-state index is 12.7. The van der Waals surface area contributed by atoms with Crippen molar-refractivity contribution < 1.29 is 8.78 Å². The molecule has 1 aliphatic carbocycles. The first-order valence-corrected chi connectivity index (χ1v) is 3.88. The van der Waals surface area contributed by atoms with E-state index in [1.54, 1.807) is 0 Å². The Morgan fingerprint density at radius 2 is 1.67 bits per heavy atom. The van der Waals surface area contributed by atoms with Crippen molar-refractivity contribution >= 4 is 0 Å². The minimum Gasteiger partial charge on any atom is -0.327 e. The number of benzene rings is 1. The van der Waals surface area contributed by atoms with Gasteiger partial charge in [0.15, 0.2) is 0 Å². The molecule has 0 radical (unpaired) electrons. The first kappa shape index (κ1) is 7.68. The van der Waals surface area contributed by atoms with Crippen LogP contribution in [0.25, 0.3) is 0 Å². The maximum atomic E-state index is 12.7. The Balaban J connectivity index is 2.32. The Labute approximate surface area is 69.2 Å². The predicted octanol–water partition coefficient (Wildman–Crippen LogP) is 1.78. The quantitative estimate of drug-likeness (QED) is 0.681. The van der Waals surface area contributed by atoms with E-state index in [0.717, 1.165) is 12.5 Å². The zero-order chi connectivity index (χ0) is 8.72. The van der Waals surface area contributed by atoms with Crippen molar-refractivity contribution in [3.8, 4) is 0 Å². The lowest BCUT2D eigenvalue weighted by Crippen LogP contribution is -2.01. The van der Waals surface area contributed by atoms with Crippen LogP contribution in [-0.4, -0.2) is 6.04 Å². The number of rotatable bonds is 1. The van der Waals surface area contributed by atoms with E-state index in [4.69, 9.17) is 5.73 Å². The zero-order valence-corrected chi connectivity index (χ0v) is 6.43. The Morgan fingerprint density at radius 1 is 1.17 bits per heavy atom. The van der Waals surface area contributed by atoms with Gasteiger partial charge in [-0.1, -0.05) is 0 Å². The second-order valence-electron chi connectivity index (χ2n) is 3.21. The van der Waals surface area contributed by atoms with Gasteiger partial charge < -0.3 is 5.73 Å². The van der Waals surface area contributed by atoms with Gasteiger partial charge in [0, 0.05) is 18.0 Å². The van der Waals surface area contributed by atoms with Crippen LogP contribution in [0.3, 0.4) is 0 Å². The van der Waals surface area contributed by atoms with E-state index >= 15 is 0 Å². The van der Waals surface area contributed by atoms with E-state index in [9.17, 15) is 8.78 Å². The SMILES string of the molecule is N[C@H]1C[C@@H]1c1cc(F)cc(F)c1. The molecule has 12 heavy (non-hydrogen) atoms. The van der Waals surface area contributed by atoms with Gasteiger partial charge >= 0.3 is 0 Å². The lowest BCUT2D eigenvalue weighted by Gasteiger charge is -1.98. The van der Waals surface area contributed by atoms with Crippen LogP contribution in [0.5, 0.6) is 0 Å². The molecule has 0 spiro atoms. The largest absolute Gasteiger partial charge is 0.327 e. The van der Waals surface area contributed by atoms with Crippen LogP contribution in [0.4, 0.5) is 8.78 Å². The summed E-state index contributed by atoms with van der Waals surface area (Å²) in [5.41, 5.74) is 6.23. The second kappa shape index (κ2) is 2.52. The third-order valence-corrected chi connectivity index (χ3v) is 2.15. The molecule has 1 aromatic carbocycles. The van der Waals surface area contributed by atoms with E-state index in [1.807, 2.05) is 0 Å². The molecule has 0 unspecified atom stereocenters. The zero-order valence-electron chi connectivity index (χ0n) is 6.43. The van der Waals surface area contributed by atoms with Crippen LogP contribution >= 0.6 is 0 Å². The molecule has 0 aromatic heterocycles. The summed E-state index contributed by atoms with van der Waals surface area (Å²) in [6.45, 7) is 0. The van der Waals surface area contributed by atoms with Crippen LogP contribution in [0.15, 0.2) is 18.2 Å². The Kier molecular flexibility index (Phi) is 1.61. The van der Waals surface area contributed by atoms with E-state index in [-0.39, 0.29) is 12.0 Å². The topological polar surface area (TPSA) is 26.0 Å². The van der Waals surface area contributed by atoms with Crippen molar-refractivity contribution in [2.45, 2.75) is 18.4 Å². The molecule has 64 valence electrons. The normalized spacial score (nSPS) is 27.2. The summed E-state index contributed by atoms with van der Waals surface area (Å²) in [6, 6.07) is 3.66. The van der Waals surface area contributed by atoms with Gasteiger partial charge in [-0.3, -0.25) is 0 Å². The molecule has 2 atom stereocenters. The molecule has 0 amide bonds. The first-order chi connectivity index (χ1) is 5.66. The average molecular weight is 169 g/mol. The molecule has 1 aromatic rings. The van der Waals surface area contributed by atoms with Crippen molar-refractivity contribution in [3.63, 3.8) is 0 Å². The fraction of sp³-hybridized carbons (Fsp3) is 0.333. The van der Waals surface area contributed by atoms with Gasteiger partial charge in [-0.15, -0.1) is 0 Å². The smallest absolute Gasteiger partial charge is 0.126 e. The molecule has 0 aliphatic heterocycles. The van der Waals surface area contributed by atoms with Crippen molar-refractivity contribution in [1.29, 1.82) is 0 Å². The summed E-state index contributed by atoms with van der Waals surface area (Å²) in [4.78, 5) is 0. The molecule has 3 heteroatoms. The van der Waals surface area contributed by atoms with Gasteiger partial charge in [0.25, 0.3) is 0 Å². The molecule has 0 bridgehead atoms. The molecule has 1 nitrogen and oxygen atoms in total. The highest BCUT2D eigenvalue weighted by Gasteiger charge is 2.35. The van der Waals surface area contributed by atoms with Gasteiger partial charge in [-0.05, 0) is 24.1 Å². The summed E-state index contributed by atoms with van der Waals surface area (Å²) >= 11 is 0. The fourth-order valence-corrected chi connectivity index (χ4v) is 1.39. The standard InChI is InChI=1S/C9H9F2N/c10-6-1-5(2-7(11)3-6)8-4-9(8)12/h1-3,8-9H,4,12H2/t8-,9+/m1/s1. The average Bonchev–Trinajstić information content (AvgIpc) is 2.64. The molecule has 0 saturated heterocycles. The number of nitrogens with two attached hydrogens (primary N) is 1. The lowest BCUT2D eigenvalue weighted by molar-refractivity contribution is 0.579. The predicted molar refractivity (Wildman–Crippen MR) is 41.7 cm³/mol. The van der Waals surface area contributed by atoms with Crippen LogP contribution in [0.1, 0.15) is 17.9 Å². The monoisotopic (exact) mass is 169 g/mol. The Bertz CT molecular complexity index is 291. The van der Waals surface area contributed by atoms with Crippen molar-refractivity contribution in [3.05, 3.63) is 35.4 Å². The number of halogens is 2. The first-order valence-electron chi connectivity index (χ1n) is 3.88. The van der Waals surface area contributed by atoms with E-state index in [2.05, 4.69) is 0 Å². The van der Waals surface area contributed by atoms with Crippen molar-refractivity contribution in [2.24, 2.45) is 5.73 Å². The van der Waals surface area contributed by atoms with Crippen LogP contribution in [0.2, 0.25) is 0 Å². The molecule has 1 aliphatic rings. The van der Waals surface area contributed by atoms with Crippen LogP contribution < -0.4 is 5.73 Å². The summed E-state index contributed by atoms with van der Waals surface area (Å²) in [6.07, 6.45) is 0.836. The molecule has 2 rings (SSSR count). The highest BCUT2D eigenvalue weighted by atomic mass is 19.1. The summed E-state index contributed by atoms with van der Waals surface area (Å²) in [5, 5.41) is 0. The number of hydrogen-bond donors (Lipinski definition) is 1. The fourth-order valence-electron chi connectivity index (χ4n) is 1.39. The summed E-state index contributed by atoms with van der Waals surface area (Å²) in [7, 11) is 0. The third kappa shape index (κ3) is 1.32. The van der Waals surface area contributed by atoms with Crippen LogP contribution in [-0.2, 0) is 0 Å². The molecule has 1 fully saturated rings. The van der Waals surface area contributed by atoms with Gasteiger partial charge in [0.1, 0.15) is 11.6 Å². The summed E-state index contributed by atoms with van der Waals surface area (Å²) in [5.74, 6) is -0.886. The van der Waals surface area contributed by atoms with Gasteiger partial charge in [-0.25, -0.2) is 8.78 Å². The molecule has 1 saturated carbocycles. The molecule has 0 heterocycles.